The topological polar surface area (TPSA) is 28.2 Å². The molecule has 2 aliphatic carbocycles. The molecule has 3 heteroatoms. The van der Waals surface area contributed by atoms with Crippen LogP contribution in [0.1, 0.15) is 38.2 Å². The Morgan fingerprint density at radius 3 is 2.80 bits per heavy atom. The van der Waals surface area contributed by atoms with Crippen LogP contribution in [0.25, 0.3) is 0 Å². The molecule has 1 aromatic rings. The maximum Gasteiger partial charge on any atom is 0.128 e. The highest BCUT2D eigenvalue weighted by Gasteiger charge is 2.39. The third kappa shape index (κ3) is 2.98. The molecule has 0 amide bonds. The van der Waals surface area contributed by atoms with Crippen molar-refractivity contribution in [3.05, 3.63) is 23.9 Å². The number of fused-ring (bicyclic) bond motifs is 2. The number of pyridine rings is 1. The van der Waals surface area contributed by atoms with Gasteiger partial charge in [-0.15, -0.1) is 0 Å². The largest absolute Gasteiger partial charge is 0.359 e. The lowest BCUT2D eigenvalue weighted by atomic mass is 9.88. The van der Waals surface area contributed by atoms with Crippen molar-refractivity contribution in [3.8, 4) is 0 Å². The molecule has 110 valence electrons. The van der Waals surface area contributed by atoms with Crippen LogP contribution in [0.15, 0.2) is 18.3 Å². The third-order valence-corrected chi connectivity index (χ3v) is 5.17. The molecule has 20 heavy (non-hydrogen) atoms. The van der Waals surface area contributed by atoms with E-state index in [1.54, 1.807) is 0 Å². The van der Waals surface area contributed by atoms with Crippen molar-refractivity contribution in [2.45, 2.75) is 39.2 Å². The fourth-order valence-electron chi connectivity index (χ4n) is 4.06. The summed E-state index contributed by atoms with van der Waals surface area (Å²) in [5.41, 5.74) is 1.27. The first-order valence-corrected chi connectivity index (χ1v) is 8.13. The van der Waals surface area contributed by atoms with Gasteiger partial charge in [-0.1, -0.05) is 19.4 Å². The van der Waals surface area contributed by atoms with Gasteiger partial charge in [-0.05, 0) is 55.2 Å². The normalized spacial score (nSPS) is 28.0. The summed E-state index contributed by atoms with van der Waals surface area (Å²) in [7, 11) is 2.19. The molecule has 0 spiro atoms. The summed E-state index contributed by atoms with van der Waals surface area (Å²) >= 11 is 0. The Bertz CT molecular complexity index is 428. The van der Waals surface area contributed by atoms with E-state index in [2.05, 4.69) is 41.3 Å². The van der Waals surface area contributed by atoms with Crippen molar-refractivity contribution >= 4 is 5.82 Å². The van der Waals surface area contributed by atoms with Crippen LogP contribution in [0, 0.1) is 17.8 Å². The highest BCUT2D eigenvalue weighted by Crippen LogP contribution is 2.48. The van der Waals surface area contributed by atoms with Gasteiger partial charge in [0, 0.05) is 26.3 Å². The average molecular weight is 273 g/mol. The van der Waals surface area contributed by atoms with E-state index in [0.717, 1.165) is 36.7 Å². The Morgan fingerprint density at radius 2 is 2.20 bits per heavy atom. The minimum absolute atomic E-state index is 0.905. The zero-order valence-electron chi connectivity index (χ0n) is 12.8. The smallest absolute Gasteiger partial charge is 0.128 e. The fourth-order valence-corrected chi connectivity index (χ4v) is 4.06. The van der Waals surface area contributed by atoms with Gasteiger partial charge in [0.05, 0.1) is 0 Å². The van der Waals surface area contributed by atoms with E-state index < -0.39 is 0 Å². The Balaban J connectivity index is 1.55. The monoisotopic (exact) mass is 273 g/mol. The van der Waals surface area contributed by atoms with Gasteiger partial charge < -0.3 is 10.2 Å². The zero-order chi connectivity index (χ0) is 13.9. The molecule has 1 N–H and O–H groups in total. The molecular formula is C17H27N3. The van der Waals surface area contributed by atoms with Crippen molar-refractivity contribution in [3.63, 3.8) is 0 Å². The number of nitrogens with zero attached hydrogens (tertiary/aromatic N) is 2. The molecule has 0 radical (unpaired) electrons. The van der Waals surface area contributed by atoms with E-state index in [0.29, 0.717) is 0 Å². The van der Waals surface area contributed by atoms with Gasteiger partial charge in [0.15, 0.2) is 0 Å². The second-order valence-corrected chi connectivity index (χ2v) is 6.62. The maximum atomic E-state index is 4.62. The maximum absolute atomic E-state index is 4.62. The van der Waals surface area contributed by atoms with Crippen LogP contribution in [0.3, 0.4) is 0 Å². The Kier molecular flexibility index (Phi) is 4.25. The van der Waals surface area contributed by atoms with Crippen LogP contribution < -0.4 is 10.2 Å². The number of hydrogen-bond acceptors (Lipinski definition) is 3. The van der Waals surface area contributed by atoms with Crippen molar-refractivity contribution < 1.29 is 0 Å². The van der Waals surface area contributed by atoms with Crippen LogP contribution in [-0.2, 0) is 6.54 Å². The second kappa shape index (κ2) is 6.13. The van der Waals surface area contributed by atoms with Crippen LogP contribution in [0.5, 0.6) is 0 Å². The molecule has 3 rings (SSSR count). The summed E-state index contributed by atoms with van der Waals surface area (Å²) in [5.74, 6) is 4.05. The predicted molar refractivity (Wildman–Crippen MR) is 83.8 cm³/mol. The van der Waals surface area contributed by atoms with E-state index in [1.165, 1.54) is 37.8 Å². The molecule has 2 fully saturated rings. The molecule has 2 bridgehead atoms. The number of nitrogens with one attached hydrogen (secondary N) is 1. The van der Waals surface area contributed by atoms with E-state index in [-0.39, 0.29) is 0 Å². The van der Waals surface area contributed by atoms with E-state index >= 15 is 0 Å². The van der Waals surface area contributed by atoms with Gasteiger partial charge in [-0.2, -0.15) is 0 Å². The van der Waals surface area contributed by atoms with Crippen LogP contribution in [0.4, 0.5) is 5.82 Å². The van der Waals surface area contributed by atoms with Crippen LogP contribution in [-0.4, -0.2) is 25.1 Å². The molecule has 0 saturated heterocycles. The van der Waals surface area contributed by atoms with Gasteiger partial charge in [0.2, 0.25) is 0 Å². The van der Waals surface area contributed by atoms with Gasteiger partial charge in [-0.25, -0.2) is 4.98 Å². The lowest BCUT2D eigenvalue weighted by Crippen LogP contribution is -2.29. The quantitative estimate of drug-likeness (QED) is 0.863. The number of rotatable bonds is 6. The average Bonchev–Trinajstić information content (AvgIpc) is 3.08. The first-order chi connectivity index (χ1) is 9.76. The van der Waals surface area contributed by atoms with Gasteiger partial charge >= 0.3 is 0 Å². The Labute approximate surface area is 122 Å². The number of anilines is 1. The summed E-state index contributed by atoms with van der Waals surface area (Å²) in [5, 5.41) is 3.34. The highest BCUT2D eigenvalue weighted by atomic mass is 15.2. The highest BCUT2D eigenvalue weighted by molar-refractivity contribution is 5.38. The van der Waals surface area contributed by atoms with E-state index in [4.69, 9.17) is 0 Å². The van der Waals surface area contributed by atoms with Crippen LogP contribution >= 0.6 is 0 Å². The molecule has 0 aliphatic heterocycles. The van der Waals surface area contributed by atoms with Crippen molar-refractivity contribution in [2.24, 2.45) is 17.8 Å². The molecule has 0 aromatic carbocycles. The SMILES string of the molecule is CCNCc1ccc(N(C)CC2CC3CCC2C3)nc1. The lowest BCUT2D eigenvalue weighted by molar-refractivity contribution is 0.337. The molecule has 1 aromatic heterocycles. The molecule has 3 nitrogen and oxygen atoms in total. The first kappa shape index (κ1) is 13.9. The second-order valence-electron chi connectivity index (χ2n) is 6.62. The molecule has 3 atom stereocenters. The molecular weight excluding hydrogens is 246 g/mol. The Morgan fingerprint density at radius 1 is 1.30 bits per heavy atom. The summed E-state index contributed by atoms with van der Waals surface area (Å²) in [6.45, 7) is 5.23. The standard InChI is InChI=1S/C17H27N3/c1-3-18-10-14-5-7-17(19-11-14)20(2)12-16-9-13-4-6-15(16)8-13/h5,7,11,13,15-16,18H,3-4,6,8-10,12H2,1-2H3. The van der Waals surface area contributed by atoms with Gasteiger partial charge in [0.1, 0.15) is 5.82 Å². The number of aromatic nitrogens is 1. The van der Waals surface area contributed by atoms with Crippen LogP contribution in [0.2, 0.25) is 0 Å². The third-order valence-electron chi connectivity index (χ3n) is 5.17. The molecule has 3 unspecified atom stereocenters. The predicted octanol–water partition coefficient (Wildman–Crippen LogP) is 3.06. The summed E-state index contributed by atoms with van der Waals surface area (Å²) in [6, 6.07) is 4.36. The van der Waals surface area contributed by atoms with Crippen molar-refractivity contribution in [1.82, 2.24) is 10.3 Å². The van der Waals surface area contributed by atoms with Gasteiger partial charge in [-0.3, -0.25) is 0 Å². The minimum Gasteiger partial charge on any atom is -0.359 e. The van der Waals surface area contributed by atoms with Crippen molar-refractivity contribution in [1.29, 1.82) is 0 Å². The molecule has 2 aliphatic rings. The fraction of sp³-hybridized carbons (Fsp3) is 0.706. The van der Waals surface area contributed by atoms with Crippen molar-refractivity contribution in [2.75, 3.05) is 25.0 Å². The number of hydrogen-bond donors (Lipinski definition) is 1. The lowest BCUT2D eigenvalue weighted by Gasteiger charge is -2.28. The minimum atomic E-state index is 0.905. The summed E-state index contributed by atoms with van der Waals surface area (Å²) in [4.78, 5) is 6.97. The van der Waals surface area contributed by atoms with E-state index in [1.807, 2.05) is 6.20 Å². The molecule has 2 saturated carbocycles. The van der Waals surface area contributed by atoms with Gasteiger partial charge in [0.25, 0.3) is 0 Å². The zero-order valence-corrected chi connectivity index (χ0v) is 12.8. The summed E-state index contributed by atoms with van der Waals surface area (Å²) in [6.07, 6.45) is 7.91. The Hall–Kier alpha value is -1.09. The van der Waals surface area contributed by atoms with E-state index in [9.17, 15) is 0 Å². The summed E-state index contributed by atoms with van der Waals surface area (Å²) < 4.78 is 0. The molecule has 1 heterocycles. The first-order valence-electron chi connectivity index (χ1n) is 8.13.